The third-order valence-corrected chi connectivity index (χ3v) is 3.26. The number of ether oxygens (including phenoxy) is 3. The summed E-state index contributed by atoms with van der Waals surface area (Å²) in [6.45, 7) is 2.87. The van der Waals surface area contributed by atoms with Gasteiger partial charge >= 0.3 is 0 Å². The lowest BCUT2D eigenvalue weighted by Gasteiger charge is -2.41. The molecule has 3 unspecified atom stereocenters. The van der Waals surface area contributed by atoms with E-state index in [1.54, 1.807) is 19.2 Å². The summed E-state index contributed by atoms with van der Waals surface area (Å²) in [4.78, 5) is 0. The van der Waals surface area contributed by atoms with Gasteiger partial charge in [0.15, 0.2) is 11.6 Å². The number of nitrogens with two attached hydrogens (primary N) is 1. The number of methoxy groups -OCH3 is 1. The van der Waals surface area contributed by atoms with E-state index in [9.17, 15) is 4.39 Å². The van der Waals surface area contributed by atoms with Gasteiger partial charge in [0.25, 0.3) is 0 Å². The highest BCUT2D eigenvalue weighted by molar-refractivity contribution is 5.30. The van der Waals surface area contributed by atoms with Crippen molar-refractivity contribution in [2.75, 3.05) is 20.3 Å². The fourth-order valence-electron chi connectivity index (χ4n) is 2.09. The SMILES string of the molecule is COCCOC1C(N)CC1Oc1cc(C)ccc1F. The second-order valence-electron chi connectivity index (χ2n) is 4.82. The molecule has 0 bridgehead atoms. The lowest BCUT2D eigenvalue weighted by atomic mass is 9.86. The van der Waals surface area contributed by atoms with Crippen molar-refractivity contribution in [3.05, 3.63) is 29.6 Å². The number of hydrogen-bond acceptors (Lipinski definition) is 4. The third kappa shape index (κ3) is 3.43. The first-order valence-corrected chi connectivity index (χ1v) is 6.40. The van der Waals surface area contributed by atoms with E-state index in [2.05, 4.69) is 0 Å². The first-order chi connectivity index (χ1) is 9.11. The molecule has 0 heterocycles. The zero-order chi connectivity index (χ0) is 13.8. The summed E-state index contributed by atoms with van der Waals surface area (Å²) in [5, 5.41) is 0. The predicted molar refractivity (Wildman–Crippen MR) is 69.8 cm³/mol. The number of halogens is 1. The van der Waals surface area contributed by atoms with Gasteiger partial charge in [-0.15, -0.1) is 0 Å². The monoisotopic (exact) mass is 269 g/mol. The highest BCUT2D eigenvalue weighted by Crippen LogP contribution is 2.29. The second-order valence-corrected chi connectivity index (χ2v) is 4.82. The summed E-state index contributed by atoms with van der Waals surface area (Å²) in [5.41, 5.74) is 6.83. The zero-order valence-electron chi connectivity index (χ0n) is 11.3. The molecule has 106 valence electrons. The van der Waals surface area contributed by atoms with Crippen LogP contribution in [-0.4, -0.2) is 38.6 Å². The normalized spacial score (nSPS) is 26.0. The maximum Gasteiger partial charge on any atom is 0.165 e. The quantitative estimate of drug-likeness (QED) is 0.798. The van der Waals surface area contributed by atoms with Crippen LogP contribution < -0.4 is 10.5 Å². The summed E-state index contributed by atoms with van der Waals surface area (Å²) in [6.07, 6.45) is 0.281. The van der Waals surface area contributed by atoms with Gasteiger partial charge in [0.1, 0.15) is 12.2 Å². The average Bonchev–Trinajstić information content (AvgIpc) is 2.38. The Hall–Kier alpha value is -1.17. The Morgan fingerprint density at radius 3 is 2.84 bits per heavy atom. The minimum atomic E-state index is -0.360. The molecule has 4 nitrogen and oxygen atoms in total. The molecule has 19 heavy (non-hydrogen) atoms. The molecule has 1 aromatic rings. The van der Waals surface area contributed by atoms with E-state index in [0.29, 0.717) is 19.6 Å². The van der Waals surface area contributed by atoms with Crippen molar-refractivity contribution in [2.24, 2.45) is 5.73 Å². The second kappa shape index (κ2) is 6.32. The summed E-state index contributed by atoms with van der Waals surface area (Å²) < 4.78 is 29.8. The van der Waals surface area contributed by atoms with E-state index in [1.807, 2.05) is 6.92 Å². The molecule has 1 aliphatic carbocycles. The van der Waals surface area contributed by atoms with Crippen LogP contribution in [-0.2, 0) is 9.47 Å². The van der Waals surface area contributed by atoms with Crippen molar-refractivity contribution in [2.45, 2.75) is 31.6 Å². The standard InChI is InChI=1S/C14H20FNO3/c1-9-3-4-10(15)12(7-9)19-13-8-11(16)14(13)18-6-5-17-2/h3-4,7,11,13-14H,5-6,8,16H2,1-2H3. The molecule has 0 radical (unpaired) electrons. The number of benzene rings is 1. The Balaban J connectivity index is 1.93. The van der Waals surface area contributed by atoms with E-state index >= 15 is 0 Å². The minimum absolute atomic E-state index is 0.0604. The van der Waals surface area contributed by atoms with Gasteiger partial charge in [-0.25, -0.2) is 4.39 Å². The Morgan fingerprint density at radius 1 is 1.37 bits per heavy atom. The van der Waals surface area contributed by atoms with Crippen molar-refractivity contribution in [1.82, 2.24) is 0 Å². The fourth-order valence-corrected chi connectivity index (χ4v) is 2.09. The molecule has 1 saturated carbocycles. The third-order valence-electron chi connectivity index (χ3n) is 3.26. The summed E-state index contributed by atoms with van der Waals surface area (Å²) in [6, 6.07) is 4.74. The first-order valence-electron chi connectivity index (χ1n) is 6.40. The van der Waals surface area contributed by atoms with Gasteiger partial charge in [-0.1, -0.05) is 6.07 Å². The van der Waals surface area contributed by atoms with Crippen LogP contribution in [0.5, 0.6) is 5.75 Å². The molecule has 0 aromatic heterocycles. The maximum atomic E-state index is 13.6. The smallest absolute Gasteiger partial charge is 0.165 e. The topological polar surface area (TPSA) is 53.7 Å². The first kappa shape index (κ1) is 14.2. The van der Waals surface area contributed by atoms with Crippen LogP contribution in [0.1, 0.15) is 12.0 Å². The van der Waals surface area contributed by atoms with Gasteiger partial charge in [-0.05, 0) is 24.6 Å². The van der Waals surface area contributed by atoms with Crippen LogP contribution in [0.15, 0.2) is 18.2 Å². The Kier molecular flexibility index (Phi) is 4.74. The molecule has 0 amide bonds. The molecule has 0 aliphatic heterocycles. The number of rotatable bonds is 6. The molecule has 1 aromatic carbocycles. The molecule has 3 atom stereocenters. The van der Waals surface area contributed by atoms with Crippen LogP contribution in [0.2, 0.25) is 0 Å². The Morgan fingerprint density at radius 2 is 2.16 bits per heavy atom. The summed E-state index contributed by atoms with van der Waals surface area (Å²) in [5.74, 6) is -0.0982. The number of hydrogen-bond donors (Lipinski definition) is 1. The van der Waals surface area contributed by atoms with Crippen molar-refractivity contribution in [3.8, 4) is 5.75 Å². The van der Waals surface area contributed by atoms with Crippen molar-refractivity contribution in [1.29, 1.82) is 0 Å². The molecule has 0 spiro atoms. The number of aryl methyl sites for hydroxylation is 1. The van der Waals surface area contributed by atoms with Crippen LogP contribution in [0.3, 0.4) is 0 Å². The maximum absolute atomic E-state index is 13.6. The predicted octanol–water partition coefficient (Wildman–Crippen LogP) is 1.64. The van der Waals surface area contributed by atoms with Crippen LogP contribution >= 0.6 is 0 Å². The van der Waals surface area contributed by atoms with E-state index in [1.165, 1.54) is 6.07 Å². The van der Waals surface area contributed by atoms with Crippen molar-refractivity contribution >= 4 is 0 Å². The van der Waals surface area contributed by atoms with Gasteiger partial charge in [0.2, 0.25) is 0 Å². The molecule has 5 heteroatoms. The van der Waals surface area contributed by atoms with Crippen LogP contribution in [0.4, 0.5) is 4.39 Å². The van der Waals surface area contributed by atoms with Gasteiger partial charge in [0, 0.05) is 19.6 Å². The molecule has 2 N–H and O–H groups in total. The van der Waals surface area contributed by atoms with E-state index < -0.39 is 0 Å². The molecular formula is C14H20FNO3. The van der Waals surface area contributed by atoms with Crippen LogP contribution in [0.25, 0.3) is 0 Å². The van der Waals surface area contributed by atoms with Gasteiger partial charge < -0.3 is 19.9 Å². The van der Waals surface area contributed by atoms with Crippen molar-refractivity contribution < 1.29 is 18.6 Å². The lowest BCUT2D eigenvalue weighted by molar-refractivity contribution is -0.107. The Bertz CT molecular complexity index is 427. The summed E-state index contributed by atoms with van der Waals surface area (Å²) in [7, 11) is 1.61. The highest BCUT2D eigenvalue weighted by atomic mass is 19.1. The van der Waals surface area contributed by atoms with Gasteiger partial charge in [0.05, 0.1) is 13.2 Å². The lowest BCUT2D eigenvalue weighted by Crippen LogP contribution is -2.59. The fraction of sp³-hybridized carbons (Fsp3) is 0.571. The summed E-state index contributed by atoms with van der Waals surface area (Å²) >= 11 is 0. The van der Waals surface area contributed by atoms with E-state index in [-0.39, 0.29) is 29.8 Å². The molecule has 0 saturated heterocycles. The highest BCUT2D eigenvalue weighted by Gasteiger charge is 2.41. The zero-order valence-corrected chi connectivity index (χ0v) is 11.3. The van der Waals surface area contributed by atoms with E-state index in [0.717, 1.165) is 5.56 Å². The molecule has 2 rings (SSSR count). The van der Waals surface area contributed by atoms with Crippen molar-refractivity contribution in [3.63, 3.8) is 0 Å². The van der Waals surface area contributed by atoms with Crippen LogP contribution in [0, 0.1) is 12.7 Å². The molecule has 1 fully saturated rings. The van der Waals surface area contributed by atoms with E-state index in [4.69, 9.17) is 19.9 Å². The Labute approximate surface area is 112 Å². The largest absolute Gasteiger partial charge is 0.485 e. The molecule has 1 aliphatic rings. The van der Waals surface area contributed by atoms with Gasteiger partial charge in [-0.3, -0.25) is 0 Å². The molecular weight excluding hydrogens is 249 g/mol. The minimum Gasteiger partial charge on any atom is -0.485 e. The van der Waals surface area contributed by atoms with Gasteiger partial charge in [-0.2, -0.15) is 0 Å². The average molecular weight is 269 g/mol.